The van der Waals surface area contributed by atoms with E-state index in [0.717, 1.165) is 55.8 Å². The smallest absolute Gasteiger partial charge is 0.150 e. The van der Waals surface area contributed by atoms with Crippen LogP contribution in [0.25, 0.3) is 0 Å². The van der Waals surface area contributed by atoms with E-state index in [1.165, 1.54) is 37.7 Å². The molecule has 6 nitrogen and oxygen atoms in total. The molecule has 27 heavy (non-hydrogen) atoms. The Morgan fingerprint density at radius 3 is 2.30 bits per heavy atom. The van der Waals surface area contributed by atoms with Crippen LogP contribution in [0.1, 0.15) is 60.8 Å². The van der Waals surface area contributed by atoms with Crippen molar-refractivity contribution >= 4 is 5.82 Å². The van der Waals surface area contributed by atoms with Gasteiger partial charge in [-0.15, -0.1) is 0 Å². The molecule has 2 aliphatic rings. The van der Waals surface area contributed by atoms with Gasteiger partial charge in [-0.2, -0.15) is 0 Å². The zero-order chi connectivity index (χ0) is 18.6. The molecular formula is C21H30N6. The SMILES string of the molecule is Cc1cnc(C)c(N2CCN(Cc3cnc(C4CCCCC4)nc3)CC2)n1. The Morgan fingerprint density at radius 1 is 0.889 bits per heavy atom. The highest BCUT2D eigenvalue weighted by atomic mass is 15.3. The van der Waals surface area contributed by atoms with Gasteiger partial charge in [0, 0.05) is 62.8 Å². The lowest BCUT2D eigenvalue weighted by Crippen LogP contribution is -2.46. The number of rotatable bonds is 4. The highest BCUT2D eigenvalue weighted by Gasteiger charge is 2.21. The third-order valence-electron chi connectivity index (χ3n) is 5.82. The van der Waals surface area contributed by atoms with Gasteiger partial charge in [0.2, 0.25) is 0 Å². The maximum absolute atomic E-state index is 4.69. The minimum absolute atomic E-state index is 0.579. The van der Waals surface area contributed by atoms with Gasteiger partial charge >= 0.3 is 0 Å². The van der Waals surface area contributed by atoms with Gasteiger partial charge in [-0.25, -0.2) is 15.0 Å². The van der Waals surface area contributed by atoms with E-state index in [-0.39, 0.29) is 0 Å². The standard InChI is InChI=1S/C21H30N6/c1-16-12-22-17(2)21(25-16)27-10-8-26(9-11-27)15-18-13-23-20(24-14-18)19-6-4-3-5-7-19/h12-14,19H,3-11,15H2,1-2H3. The van der Waals surface area contributed by atoms with Gasteiger partial charge in [-0.3, -0.25) is 9.88 Å². The fourth-order valence-corrected chi connectivity index (χ4v) is 4.22. The summed E-state index contributed by atoms with van der Waals surface area (Å²) >= 11 is 0. The van der Waals surface area contributed by atoms with Crippen molar-refractivity contribution < 1.29 is 0 Å². The van der Waals surface area contributed by atoms with Gasteiger partial charge < -0.3 is 4.90 Å². The Labute approximate surface area is 162 Å². The topological polar surface area (TPSA) is 58.0 Å². The Kier molecular flexibility index (Phi) is 5.62. The highest BCUT2D eigenvalue weighted by molar-refractivity contribution is 5.43. The molecule has 2 aromatic heterocycles. The molecule has 6 heteroatoms. The number of hydrogen-bond donors (Lipinski definition) is 0. The number of piperazine rings is 1. The zero-order valence-electron chi connectivity index (χ0n) is 16.6. The molecule has 0 aromatic carbocycles. The highest BCUT2D eigenvalue weighted by Crippen LogP contribution is 2.30. The number of aryl methyl sites for hydroxylation is 2. The second-order valence-corrected chi connectivity index (χ2v) is 7.97. The Bertz CT molecular complexity index is 746. The van der Waals surface area contributed by atoms with Crippen LogP contribution < -0.4 is 4.90 Å². The van der Waals surface area contributed by atoms with Gasteiger partial charge in [0.05, 0.1) is 11.4 Å². The van der Waals surface area contributed by atoms with Crippen LogP contribution in [0.4, 0.5) is 5.82 Å². The minimum Gasteiger partial charge on any atom is -0.353 e. The van der Waals surface area contributed by atoms with Crippen molar-refractivity contribution in [3.63, 3.8) is 0 Å². The average Bonchev–Trinajstić information content (AvgIpc) is 2.72. The summed E-state index contributed by atoms with van der Waals surface area (Å²) in [4.78, 5) is 23.3. The summed E-state index contributed by atoms with van der Waals surface area (Å²) in [6.45, 7) is 9.00. The second-order valence-electron chi connectivity index (χ2n) is 7.97. The van der Waals surface area contributed by atoms with Crippen molar-refractivity contribution in [1.82, 2.24) is 24.8 Å². The van der Waals surface area contributed by atoms with Crippen molar-refractivity contribution in [2.45, 2.75) is 58.4 Å². The third kappa shape index (κ3) is 4.43. The van der Waals surface area contributed by atoms with E-state index in [0.29, 0.717) is 5.92 Å². The summed E-state index contributed by atoms with van der Waals surface area (Å²) in [5, 5.41) is 0. The van der Waals surface area contributed by atoms with Gasteiger partial charge in [0.15, 0.2) is 0 Å². The van der Waals surface area contributed by atoms with E-state index in [9.17, 15) is 0 Å². The average molecular weight is 367 g/mol. The summed E-state index contributed by atoms with van der Waals surface area (Å²) in [6, 6.07) is 0. The van der Waals surface area contributed by atoms with E-state index in [4.69, 9.17) is 0 Å². The Morgan fingerprint density at radius 2 is 1.59 bits per heavy atom. The van der Waals surface area contributed by atoms with Gasteiger partial charge in [-0.05, 0) is 26.7 Å². The van der Waals surface area contributed by atoms with Gasteiger partial charge in [0.25, 0.3) is 0 Å². The lowest BCUT2D eigenvalue weighted by molar-refractivity contribution is 0.248. The summed E-state index contributed by atoms with van der Waals surface area (Å²) in [5.41, 5.74) is 3.21. The molecule has 1 saturated heterocycles. The predicted molar refractivity (Wildman–Crippen MR) is 107 cm³/mol. The minimum atomic E-state index is 0.579. The van der Waals surface area contributed by atoms with Crippen molar-refractivity contribution in [3.05, 3.63) is 41.4 Å². The second kappa shape index (κ2) is 8.30. The molecule has 4 rings (SSSR count). The molecule has 2 fully saturated rings. The lowest BCUT2D eigenvalue weighted by Gasteiger charge is -2.35. The molecule has 0 bridgehead atoms. The van der Waals surface area contributed by atoms with Gasteiger partial charge in [-0.1, -0.05) is 19.3 Å². The summed E-state index contributed by atoms with van der Waals surface area (Å²) in [5.74, 6) is 2.67. The predicted octanol–water partition coefficient (Wildman–Crippen LogP) is 3.25. The molecule has 144 valence electrons. The van der Waals surface area contributed by atoms with Crippen molar-refractivity contribution in [2.75, 3.05) is 31.1 Å². The molecule has 0 radical (unpaired) electrons. The van der Waals surface area contributed by atoms with Crippen LogP contribution in [0.3, 0.4) is 0 Å². The van der Waals surface area contributed by atoms with E-state index < -0.39 is 0 Å². The lowest BCUT2D eigenvalue weighted by atomic mass is 9.89. The number of anilines is 1. The Hall–Kier alpha value is -2.08. The van der Waals surface area contributed by atoms with E-state index in [1.807, 2.05) is 32.4 Å². The largest absolute Gasteiger partial charge is 0.353 e. The van der Waals surface area contributed by atoms with Crippen LogP contribution in [0.2, 0.25) is 0 Å². The van der Waals surface area contributed by atoms with Crippen LogP contribution in [-0.2, 0) is 6.54 Å². The fourth-order valence-electron chi connectivity index (χ4n) is 4.22. The van der Waals surface area contributed by atoms with E-state index in [1.54, 1.807) is 0 Å². The Balaban J connectivity index is 1.32. The van der Waals surface area contributed by atoms with Crippen molar-refractivity contribution in [1.29, 1.82) is 0 Å². The molecule has 1 saturated carbocycles. The first-order valence-electron chi connectivity index (χ1n) is 10.3. The van der Waals surface area contributed by atoms with Crippen LogP contribution in [-0.4, -0.2) is 51.0 Å². The van der Waals surface area contributed by atoms with E-state index in [2.05, 4.69) is 29.7 Å². The van der Waals surface area contributed by atoms with Crippen LogP contribution in [0.15, 0.2) is 18.6 Å². The maximum atomic E-state index is 4.69. The van der Waals surface area contributed by atoms with Crippen LogP contribution in [0, 0.1) is 13.8 Å². The molecule has 0 unspecified atom stereocenters. The maximum Gasteiger partial charge on any atom is 0.150 e. The van der Waals surface area contributed by atoms with Crippen molar-refractivity contribution in [2.24, 2.45) is 0 Å². The zero-order valence-corrected chi connectivity index (χ0v) is 16.6. The number of nitrogens with zero attached hydrogens (tertiary/aromatic N) is 6. The van der Waals surface area contributed by atoms with Crippen LogP contribution in [0.5, 0.6) is 0 Å². The molecule has 1 aliphatic carbocycles. The molecule has 1 aliphatic heterocycles. The first-order valence-corrected chi connectivity index (χ1v) is 10.3. The molecule has 0 N–H and O–H groups in total. The fraction of sp³-hybridized carbons (Fsp3) is 0.619. The molecular weight excluding hydrogens is 336 g/mol. The molecule has 0 atom stereocenters. The molecule has 0 spiro atoms. The van der Waals surface area contributed by atoms with Crippen molar-refractivity contribution in [3.8, 4) is 0 Å². The quantitative estimate of drug-likeness (QED) is 0.828. The molecule has 3 heterocycles. The summed E-state index contributed by atoms with van der Waals surface area (Å²) in [6.07, 6.45) is 12.4. The first-order chi connectivity index (χ1) is 13.2. The normalized spacial score (nSPS) is 19.4. The monoisotopic (exact) mass is 366 g/mol. The first kappa shape index (κ1) is 18.3. The third-order valence-corrected chi connectivity index (χ3v) is 5.82. The van der Waals surface area contributed by atoms with Gasteiger partial charge in [0.1, 0.15) is 11.6 Å². The summed E-state index contributed by atoms with van der Waals surface area (Å²) in [7, 11) is 0. The molecule has 0 amide bonds. The summed E-state index contributed by atoms with van der Waals surface area (Å²) < 4.78 is 0. The number of aromatic nitrogens is 4. The van der Waals surface area contributed by atoms with Crippen LogP contribution >= 0.6 is 0 Å². The van der Waals surface area contributed by atoms with E-state index >= 15 is 0 Å². The molecule has 2 aromatic rings. The number of hydrogen-bond acceptors (Lipinski definition) is 6.